The maximum Gasteiger partial charge on any atom is 0.294 e. The Balaban J connectivity index is 0.00000121. The second-order valence-corrected chi connectivity index (χ2v) is 3.79. The Morgan fingerprint density at radius 1 is 1.17 bits per heavy atom. The quantitative estimate of drug-likeness (QED) is 0.614. The monoisotopic (exact) mass is 256 g/mol. The summed E-state index contributed by atoms with van der Waals surface area (Å²) >= 11 is 5.49. The van der Waals surface area contributed by atoms with E-state index in [4.69, 9.17) is 16.2 Å². The van der Waals surface area contributed by atoms with Crippen LogP contribution in [0, 0.1) is 0 Å². The normalized spacial score (nSPS) is 10.5. The first-order valence-electron chi connectivity index (χ1n) is 2.73. The van der Waals surface area contributed by atoms with Crippen molar-refractivity contribution in [2.45, 2.75) is 4.90 Å². The van der Waals surface area contributed by atoms with Crippen molar-refractivity contribution >= 4 is 21.7 Å². The summed E-state index contributed by atoms with van der Waals surface area (Å²) in [4.78, 5) is -0.151. The molecule has 1 N–H and O–H groups in total. The third kappa shape index (κ3) is 3.19. The van der Waals surface area contributed by atoms with Crippen LogP contribution in [0.25, 0.3) is 0 Å². The molecular weight excluding hydrogens is 253 g/mol. The number of halogens is 1. The van der Waals surface area contributed by atoms with Gasteiger partial charge in [-0.2, -0.15) is 8.42 Å². The molecule has 0 aliphatic rings. The second kappa shape index (κ2) is 4.33. The van der Waals surface area contributed by atoms with E-state index >= 15 is 0 Å². The minimum absolute atomic E-state index is 0. The first-order valence-corrected chi connectivity index (χ1v) is 4.55. The third-order valence-electron chi connectivity index (χ3n) is 1.11. The van der Waals surface area contributed by atoms with E-state index in [1.165, 1.54) is 24.3 Å². The Morgan fingerprint density at radius 2 is 1.58 bits per heavy atom. The molecule has 0 heterocycles. The van der Waals surface area contributed by atoms with Gasteiger partial charge >= 0.3 is 0 Å². The summed E-state index contributed by atoms with van der Waals surface area (Å²) in [5.41, 5.74) is 0. The zero-order valence-corrected chi connectivity index (χ0v) is 10.6. The molecule has 6 heteroatoms. The number of hydrogen-bond acceptors (Lipinski definition) is 2. The topological polar surface area (TPSA) is 54.4 Å². The van der Waals surface area contributed by atoms with E-state index in [0.29, 0.717) is 5.02 Å². The predicted octanol–water partition coefficient (Wildman–Crippen LogP) is 1.58. The molecule has 3 nitrogen and oxygen atoms in total. The van der Waals surface area contributed by atoms with E-state index in [9.17, 15) is 8.42 Å². The van der Waals surface area contributed by atoms with E-state index in [-0.39, 0.29) is 24.4 Å². The van der Waals surface area contributed by atoms with Gasteiger partial charge in [0.25, 0.3) is 10.1 Å². The number of hydrogen-bond donors (Lipinski definition) is 1. The predicted molar refractivity (Wildman–Crippen MR) is 41.3 cm³/mol. The fourth-order valence-corrected chi connectivity index (χ4v) is 1.21. The van der Waals surface area contributed by atoms with E-state index in [1.807, 2.05) is 0 Å². The van der Waals surface area contributed by atoms with Crippen LogP contribution in [-0.2, 0) is 29.6 Å². The van der Waals surface area contributed by atoms with E-state index in [2.05, 4.69) is 0 Å². The zero-order chi connectivity index (χ0) is 8.48. The van der Waals surface area contributed by atoms with Crippen LogP contribution >= 0.6 is 11.6 Å². The molecule has 1 aromatic carbocycles. The van der Waals surface area contributed by atoms with Gasteiger partial charge in [0.2, 0.25) is 0 Å². The Bertz CT molecular complexity index is 346. The van der Waals surface area contributed by atoms with E-state index in [1.54, 1.807) is 0 Å². The molecule has 62 valence electrons. The smallest absolute Gasteiger partial charge is 0.282 e. The average Bonchev–Trinajstić information content (AvgIpc) is 1.86. The molecule has 0 saturated heterocycles. The van der Waals surface area contributed by atoms with Gasteiger partial charge in [0.15, 0.2) is 0 Å². The van der Waals surface area contributed by atoms with Gasteiger partial charge in [-0.05, 0) is 24.3 Å². The van der Waals surface area contributed by atoms with Crippen LogP contribution < -0.4 is 0 Å². The summed E-state index contributed by atoms with van der Waals surface area (Å²) < 4.78 is 29.4. The van der Waals surface area contributed by atoms with Gasteiger partial charge in [-0.3, -0.25) is 4.55 Å². The molecule has 0 unspecified atom stereocenters. The van der Waals surface area contributed by atoms with Crippen LogP contribution in [0.3, 0.4) is 0 Å². The van der Waals surface area contributed by atoms with Crippen molar-refractivity contribution < 1.29 is 32.4 Å². The molecule has 0 bridgehead atoms. The summed E-state index contributed by atoms with van der Waals surface area (Å²) in [6.45, 7) is 0. The van der Waals surface area contributed by atoms with Crippen LogP contribution in [0.1, 0.15) is 0 Å². The molecule has 0 aromatic heterocycles. The molecule has 0 aliphatic carbocycles. The molecule has 1 aromatic rings. The first kappa shape index (κ1) is 12.0. The Morgan fingerprint density at radius 3 is 1.92 bits per heavy atom. The van der Waals surface area contributed by atoms with Crippen molar-refractivity contribution in [2.75, 3.05) is 0 Å². The van der Waals surface area contributed by atoms with Crippen molar-refractivity contribution in [2.24, 2.45) is 0 Å². The summed E-state index contributed by atoms with van der Waals surface area (Å²) in [5, 5.41) is 0.428. The molecule has 12 heavy (non-hydrogen) atoms. The van der Waals surface area contributed by atoms with Crippen LogP contribution in [0.2, 0.25) is 5.02 Å². The van der Waals surface area contributed by atoms with Gasteiger partial charge in [-0.25, -0.2) is 0 Å². The van der Waals surface area contributed by atoms with Gasteiger partial charge in [0.1, 0.15) is 0 Å². The minimum atomic E-state index is -4.08. The van der Waals surface area contributed by atoms with Crippen LogP contribution in [0.15, 0.2) is 29.2 Å². The van der Waals surface area contributed by atoms with Crippen molar-refractivity contribution in [3.63, 3.8) is 0 Å². The molecule has 0 amide bonds. The standard InChI is InChI=1S/C6H5ClO3S.Zn/c7-5-1-3-6(4-2-5)11(8,9)10;/h1-4H,(H,8,9,10);. The summed E-state index contributed by atoms with van der Waals surface area (Å²) in [6, 6.07) is 5.25. The second-order valence-electron chi connectivity index (χ2n) is 1.93. The van der Waals surface area contributed by atoms with Gasteiger partial charge in [-0.15, -0.1) is 0 Å². The van der Waals surface area contributed by atoms with Crippen molar-refractivity contribution in [3.05, 3.63) is 29.3 Å². The van der Waals surface area contributed by atoms with Gasteiger partial charge in [-0.1, -0.05) is 11.6 Å². The van der Waals surface area contributed by atoms with Crippen LogP contribution in [0.5, 0.6) is 0 Å². The fraction of sp³-hybridized carbons (Fsp3) is 0. The maximum atomic E-state index is 10.5. The minimum Gasteiger partial charge on any atom is -0.282 e. The van der Waals surface area contributed by atoms with Crippen molar-refractivity contribution in [3.8, 4) is 0 Å². The molecule has 1 rings (SSSR count). The fourth-order valence-electron chi connectivity index (χ4n) is 0.607. The van der Waals surface area contributed by atoms with E-state index in [0.717, 1.165) is 0 Å². The molecule has 0 fully saturated rings. The summed E-state index contributed by atoms with van der Waals surface area (Å²) in [5.74, 6) is 0. The van der Waals surface area contributed by atoms with Gasteiger partial charge in [0.05, 0.1) is 4.90 Å². The SMILES string of the molecule is O=S(=O)(O)c1ccc(Cl)cc1.[Zn]. The molecule has 0 aliphatic heterocycles. The molecule has 0 radical (unpaired) electrons. The van der Waals surface area contributed by atoms with Crippen molar-refractivity contribution in [1.29, 1.82) is 0 Å². The maximum absolute atomic E-state index is 10.5. The molecular formula is C6H5ClO3SZn. The molecule has 0 saturated carbocycles. The van der Waals surface area contributed by atoms with Gasteiger partial charge < -0.3 is 0 Å². The van der Waals surface area contributed by atoms with E-state index < -0.39 is 10.1 Å². The van der Waals surface area contributed by atoms with Crippen LogP contribution in [0.4, 0.5) is 0 Å². The number of benzene rings is 1. The summed E-state index contributed by atoms with van der Waals surface area (Å²) in [6.07, 6.45) is 0. The molecule has 0 spiro atoms. The Kier molecular flexibility index (Phi) is 4.34. The average molecular weight is 258 g/mol. The zero-order valence-electron chi connectivity index (χ0n) is 6.07. The largest absolute Gasteiger partial charge is 0.294 e. The Labute approximate surface area is 88.2 Å². The number of rotatable bonds is 1. The van der Waals surface area contributed by atoms with Crippen molar-refractivity contribution in [1.82, 2.24) is 0 Å². The van der Waals surface area contributed by atoms with Crippen LogP contribution in [-0.4, -0.2) is 13.0 Å². The Hall–Kier alpha value is 0.0434. The third-order valence-corrected chi connectivity index (χ3v) is 2.23. The first-order chi connectivity index (χ1) is 5.00. The summed E-state index contributed by atoms with van der Waals surface area (Å²) in [7, 11) is -4.08. The van der Waals surface area contributed by atoms with Gasteiger partial charge in [0, 0.05) is 24.5 Å². The molecule has 0 atom stereocenters.